The van der Waals surface area contributed by atoms with E-state index < -0.39 is 21.8 Å². The number of phenols is 2. The molecule has 21 nitrogen and oxygen atoms in total. The van der Waals surface area contributed by atoms with Crippen LogP contribution in [0.15, 0.2) is 183 Å². The Morgan fingerprint density at radius 2 is 1.11 bits per heavy atom. The number of ketones is 1. The van der Waals surface area contributed by atoms with Crippen molar-refractivity contribution in [1.82, 2.24) is 5.32 Å². The van der Waals surface area contributed by atoms with Crippen molar-refractivity contribution < 1.29 is 44.1 Å². The van der Waals surface area contributed by atoms with Crippen LogP contribution in [0, 0.1) is 20.2 Å². The Labute approximate surface area is 394 Å². The molecule has 8 aromatic carbocycles. The third-order valence-electron chi connectivity index (χ3n) is 10.2. The molecule has 0 fully saturated rings. The fourth-order valence-electron chi connectivity index (χ4n) is 6.81. The van der Waals surface area contributed by atoms with Gasteiger partial charge in [0.1, 0.15) is 29.5 Å². The predicted molar refractivity (Wildman–Crippen MR) is 257 cm³/mol. The van der Waals surface area contributed by atoms with Crippen molar-refractivity contribution in [2.24, 2.45) is 25.6 Å². The van der Waals surface area contributed by atoms with Gasteiger partial charge in [-0.3, -0.25) is 35.1 Å². The second-order valence-electron chi connectivity index (χ2n) is 14.9. The zero-order valence-electron chi connectivity index (χ0n) is 36.0. The lowest BCUT2D eigenvalue weighted by molar-refractivity contribution is -0.385. The van der Waals surface area contributed by atoms with E-state index in [0.717, 1.165) is 23.4 Å². The van der Waals surface area contributed by atoms with E-state index in [-0.39, 0.29) is 57.9 Å². The largest absolute Gasteiger partial charge is 0.506 e. The van der Waals surface area contributed by atoms with Gasteiger partial charge in [-0.1, -0.05) is 47.6 Å². The van der Waals surface area contributed by atoms with Crippen LogP contribution in [0.5, 0.6) is 11.5 Å². The van der Waals surface area contributed by atoms with Crippen LogP contribution in [0.2, 0.25) is 0 Å². The molecule has 0 aliphatic heterocycles. The number of nitro benzene ring substituents is 2. The second kappa shape index (κ2) is 20.8. The monoisotopic (exact) mass is 938 g/mol. The highest BCUT2D eigenvalue weighted by Gasteiger charge is 2.16. The van der Waals surface area contributed by atoms with E-state index in [9.17, 15) is 44.8 Å². The van der Waals surface area contributed by atoms with Gasteiger partial charge in [-0.05, 0) is 107 Å². The molecule has 5 N–H and O–H groups in total. The highest BCUT2D eigenvalue weighted by atomic mass is 16.7. The van der Waals surface area contributed by atoms with Gasteiger partial charge >= 0.3 is 6.03 Å². The van der Waals surface area contributed by atoms with E-state index in [4.69, 9.17) is 9.68 Å². The minimum atomic E-state index is -0.895. The molecule has 70 heavy (non-hydrogen) atoms. The molecular weight excluding hydrogens is 905 g/mol. The first-order valence-electron chi connectivity index (χ1n) is 20.6. The molecule has 0 saturated heterocycles. The summed E-state index contributed by atoms with van der Waals surface area (Å²) >= 11 is 0. The molecule has 0 atom stereocenters. The molecule has 0 aliphatic carbocycles. The number of amides is 3. The van der Waals surface area contributed by atoms with Crippen molar-refractivity contribution in [1.29, 1.82) is 0 Å². The lowest BCUT2D eigenvalue weighted by Crippen LogP contribution is -2.34. The quantitative estimate of drug-likeness (QED) is 0.0151. The van der Waals surface area contributed by atoms with Crippen LogP contribution < -0.4 is 16.1 Å². The van der Waals surface area contributed by atoms with Crippen molar-refractivity contribution in [3.05, 3.63) is 200 Å². The first-order chi connectivity index (χ1) is 33.9. The Hall–Kier alpha value is -10.4. The van der Waals surface area contributed by atoms with Gasteiger partial charge in [0.15, 0.2) is 5.78 Å². The topological polar surface area (TPSA) is 294 Å². The van der Waals surface area contributed by atoms with Gasteiger partial charge in [0.05, 0.1) is 26.9 Å². The Kier molecular flexibility index (Phi) is 13.7. The number of carbonyl (C=O) groups is 3. The molecule has 0 radical (unpaired) electrons. The van der Waals surface area contributed by atoms with Gasteiger partial charge in [0.2, 0.25) is 6.40 Å². The van der Waals surface area contributed by atoms with Crippen molar-refractivity contribution in [2.75, 3.05) is 10.8 Å². The van der Waals surface area contributed by atoms with Gasteiger partial charge < -0.3 is 25.2 Å². The van der Waals surface area contributed by atoms with E-state index in [1.165, 1.54) is 66.7 Å². The minimum absolute atomic E-state index is 0.0822. The fourth-order valence-corrected chi connectivity index (χ4v) is 6.81. The number of imide groups is 1. The maximum atomic E-state index is 13.4. The summed E-state index contributed by atoms with van der Waals surface area (Å²) in [6.45, 7) is 0.0822. The molecule has 0 bridgehead atoms. The number of carbonyl (C=O) groups excluding carboxylic acids is 3. The molecule has 0 unspecified atom stereocenters. The lowest BCUT2D eigenvalue weighted by atomic mass is 10.0. The SMILES string of the molecule is O=C(NC(=O)c1ccc2c(N=Nc3ccc(C(=O)c4ccc(N=Nc5c(O)ccc6cc(CO/N=C/ONc7cccc([N+](=O)[O-])c7)ccc56)cc4)cc3)c(O)ccc2c1)Nc1cccc([N+](=O)[O-])c1. The zero-order chi connectivity index (χ0) is 49.1. The molecular formula is C49H34N10O11. The average molecular weight is 939 g/mol. The summed E-state index contributed by atoms with van der Waals surface area (Å²) in [5.41, 5.74) is 5.42. The van der Waals surface area contributed by atoms with Crippen molar-refractivity contribution in [2.45, 2.75) is 6.61 Å². The first-order valence-corrected chi connectivity index (χ1v) is 20.6. The molecule has 3 amide bonds. The smallest absolute Gasteiger partial charge is 0.326 e. The van der Waals surface area contributed by atoms with Gasteiger partial charge in [0, 0.05) is 57.4 Å². The van der Waals surface area contributed by atoms with Crippen LogP contribution in [0.25, 0.3) is 21.5 Å². The summed E-state index contributed by atoms with van der Waals surface area (Å²) in [4.78, 5) is 69.9. The number of anilines is 2. The number of phenolic OH excluding ortho intramolecular Hbond substituents is 2. The maximum absolute atomic E-state index is 13.4. The molecule has 346 valence electrons. The number of hydrogen-bond acceptors (Lipinski definition) is 17. The van der Waals surface area contributed by atoms with Gasteiger partial charge in [-0.2, -0.15) is 10.2 Å². The van der Waals surface area contributed by atoms with Crippen molar-refractivity contribution in [3.63, 3.8) is 0 Å². The Morgan fingerprint density at radius 1 is 0.586 bits per heavy atom. The van der Waals surface area contributed by atoms with Crippen LogP contribution in [-0.2, 0) is 16.3 Å². The number of nitrogens with zero attached hydrogens (tertiary/aromatic N) is 7. The number of nitrogens with one attached hydrogen (secondary N) is 3. The summed E-state index contributed by atoms with van der Waals surface area (Å²) in [6.07, 6.45) is 1.00. The Bertz CT molecular complexity index is 3440. The van der Waals surface area contributed by atoms with Crippen LogP contribution in [0.1, 0.15) is 31.8 Å². The average Bonchev–Trinajstić information content (AvgIpc) is 3.36. The van der Waals surface area contributed by atoms with Gasteiger partial charge in [0.25, 0.3) is 17.3 Å². The summed E-state index contributed by atoms with van der Waals surface area (Å²) < 4.78 is 0. The summed E-state index contributed by atoms with van der Waals surface area (Å²) in [5.74, 6) is -1.29. The molecule has 8 rings (SSSR count). The normalized spacial score (nSPS) is 11.3. The van der Waals surface area contributed by atoms with Crippen molar-refractivity contribution >= 4 is 91.2 Å². The van der Waals surface area contributed by atoms with Crippen LogP contribution in [-0.4, -0.2) is 44.2 Å². The predicted octanol–water partition coefficient (Wildman–Crippen LogP) is 11.7. The minimum Gasteiger partial charge on any atom is -0.506 e. The van der Waals surface area contributed by atoms with Crippen LogP contribution in [0.4, 0.5) is 50.3 Å². The van der Waals surface area contributed by atoms with E-state index >= 15 is 0 Å². The molecule has 0 aromatic heterocycles. The summed E-state index contributed by atoms with van der Waals surface area (Å²) in [6, 6.07) is 38.9. The number of nitro groups is 2. The van der Waals surface area contributed by atoms with E-state index in [2.05, 4.69) is 41.7 Å². The number of benzene rings is 8. The van der Waals surface area contributed by atoms with Crippen molar-refractivity contribution in [3.8, 4) is 11.5 Å². The summed E-state index contributed by atoms with van der Waals surface area (Å²) in [5, 5.41) is 71.0. The molecule has 0 heterocycles. The zero-order valence-corrected chi connectivity index (χ0v) is 36.0. The van der Waals surface area contributed by atoms with E-state index in [1.54, 1.807) is 78.9 Å². The number of urea groups is 1. The van der Waals surface area contributed by atoms with Crippen LogP contribution >= 0.6 is 0 Å². The third-order valence-corrected chi connectivity index (χ3v) is 10.2. The number of fused-ring (bicyclic) bond motifs is 2. The Morgan fingerprint density at radius 3 is 1.70 bits per heavy atom. The van der Waals surface area contributed by atoms with Gasteiger partial charge in [-0.15, -0.1) is 10.2 Å². The number of oxime groups is 1. The number of aromatic hydroxyl groups is 2. The number of rotatable bonds is 16. The molecule has 21 heteroatoms. The standard InChI is InChI=1S/C49H34N10O11/c60-43-21-13-32-23-29(27-69-50-28-70-57-38-4-2-6-40(26-38)59(67)68)7-19-41(32)45(43)55-53-35-15-8-30(9-16-35)47(62)31-10-17-36(18-11-31)54-56-46-42-20-12-34(24-33(42)14-22-44(46)61)48(63)52-49(64)51-37-3-1-5-39(25-37)58(65)66/h1-26,28,57,60-61H,27H2,(H2,51,52,63,64)/b50-28+,55-53?,56-54?. The van der Waals surface area contributed by atoms with E-state index in [0.29, 0.717) is 44.3 Å². The highest BCUT2D eigenvalue weighted by molar-refractivity contribution is 6.10. The molecule has 0 aliphatic rings. The molecule has 0 spiro atoms. The number of azo groups is 2. The molecule has 0 saturated carbocycles. The second-order valence-corrected chi connectivity index (χ2v) is 14.9. The van der Waals surface area contributed by atoms with Crippen LogP contribution in [0.3, 0.4) is 0 Å². The Balaban J connectivity index is 0.856. The van der Waals surface area contributed by atoms with Gasteiger partial charge in [-0.25, -0.2) is 10.3 Å². The molecule has 8 aromatic rings. The highest BCUT2D eigenvalue weighted by Crippen LogP contribution is 2.38. The first kappa shape index (κ1) is 46.1. The third kappa shape index (κ3) is 11.1. The maximum Gasteiger partial charge on any atom is 0.326 e. The number of non-ortho nitro benzene ring substituents is 2. The lowest BCUT2D eigenvalue weighted by Gasteiger charge is -2.09. The number of hydrogen-bond donors (Lipinski definition) is 5. The summed E-state index contributed by atoms with van der Waals surface area (Å²) in [7, 11) is 0. The van der Waals surface area contributed by atoms with E-state index in [1.807, 2.05) is 6.07 Å². The fraction of sp³-hybridized carbons (Fsp3) is 0.0204.